The molecule has 3 amide bonds. The van der Waals surface area contributed by atoms with Crippen molar-refractivity contribution in [1.29, 1.82) is 0 Å². The van der Waals surface area contributed by atoms with Crippen molar-refractivity contribution >= 4 is 11.9 Å². The quantitative estimate of drug-likeness (QED) is 0.848. The molecular formula is C15H19F3N4O2. The van der Waals surface area contributed by atoms with E-state index in [1.54, 1.807) is 12.4 Å². The maximum absolute atomic E-state index is 12.3. The number of carbonyl (C=O) groups excluding carboxylic acids is 2. The van der Waals surface area contributed by atoms with Crippen molar-refractivity contribution in [2.75, 3.05) is 19.6 Å². The summed E-state index contributed by atoms with van der Waals surface area (Å²) in [4.78, 5) is 28.0. The summed E-state index contributed by atoms with van der Waals surface area (Å²) in [6, 6.07) is 0.760. The van der Waals surface area contributed by atoms with Gasteiger partial charge < -0.3 is 15.5 Å². The molecule has 2 heterocycles. The third-order valence-electron chi connectivity index (χ3n) is 3.74. The molecule has 0 radical (unpaired) electrons. The molecule has 1 aliphatic heterocycles. The molecule has 2 rings (SSSR count). The largest absolute Gasteiger partial charge is 0.406 e. The highest BCUT2D eigenvalue weighted by atomic mass is 19.4. The van der Waals surface area contributed by atoms with Crippen LogP contribution in [0, 0.1) is 6.92 Å². The van der Waals surface area contributed by atoms with E-state index >= 15 is 0 Å². The molecule has 0 bridgehead atoms. The molecular weight excluding hydrogens is 325 g/mol. The fourth-order valence-electron chi connectivity index (χ4n) is 2.57. The number of likely N-dealkylation sites (tertiary alicyclic amines) is 1. The van der Waals surface area contributed by atoms with Crippen LogP contribution in [0.2, 0.25) is 0 Å². The SMILES string of the molecule is Cc1cnccc1CCNC(=O)NC1CC(=O)N(CC(F)(F)F)C1. The Morgan fingerprint density at radius 3 is 2.88 bits per heavy atom. The Balaban J connectivity index is 1.73. The summed E-state index contributed by atoms with van der Waals surface area (Å²) in [5, 5.41) is 5.17. The van der Waals surface area contributed by atoms with Gasteiger partial charge in [0.1, 0.15) is 6.54 Å². The smallest absolute Gasteiger partial charge is 0.338 e. The van der Waals surface area contributed by atoms with Crippen LogP contribution in [0.4, 0.5) is 18.0 Å². The molecule has 1 aliphatic rings. The van der Waals surface area contributed by atoms with Gasteiger partial charge in [0.15, 0.2) is 0 Å². The number of aromatic nitrogens is 1. The fourth-order valence-corrected chi connectivity index (χ4v) is 2.57. The number of rotatable bonds is 5. The van der Waals surface area contributed by atoms with E-state index in [4.69, 9.17) is 0 Å². The molecule has 1 fully saturated rings. The molecule has 1 unspecified atom stereocenters. The molecule has 0 spiro atoms. The van der Waals surface area contributed by atoms with Crippen LogP contribution >= 0.6 is 0 Å². The number of nitrogens with one attached hydrogen (secondary N) is 2. The van der Waals surface area contributed by atoms with Crippen molar-refractivity contribution < 1.29 is 22.8 Å². The van der Waals surface area contributed by atoms with Gasteiger partial charge in [-0.2, -0.15) is 13.2 Å². The topological polar surface area (TPSA) is 74.3 Å². The van der Waals surface area contributed by atoms with Gasteiger partial charge in [-0.3, -0.25) is 9.78 Å². The summed E-state index contributed by atoms with van der Waals surface area (Å²) in [5.74, 6) is -0.606. The predicted molar refractivity (Wildman–Crippen MR) is 80.3 cm³/mol. The first-order chi connectivity index (χ1) is 11.2. The number of pyridine rings is 1. The van der Waals surface area contributed by atoms with Crippen LogP contribution in [-0.4, -0.2) is 53.7 Å². The van der Waals surface area contributed by atoms with Gasteiger partial charge in [0.05, 0.1) is 6.04 Å². The van der Waals surface area contributed by atoms with Crippen molar-refractivity contribution in [3.05, 3.63) is 29.6 Å². The highest BCUT2D eigenvalue weighted by Crippen LogP contribution is 2.20. The standard InChI is InChI=1S/C15H19F3N4O2/c1-10-7-19-4-2-11(10)3-5-20-14(24)21-12-6-13(23)22(8-12)9-15(16,17)18/h2,4,7,12H,3,5-6,8-9H2,1H3,(H2,20,21,24). The number of alkyl halides is 3. The first-order valence-electron chi connectivity index (χ1n) is 7.53. The van der Waals surface area contributed by atoms with E-state index in [0.29, 0.717) is 17.9 Å². The Bertz CT molecular complexity index is 607. The second-order valence-electron chi connectivity index (χ2n) is 5.74. The van der Waals surface area contributed by atoms with Crippen molar-refractivity contribution in [3.8, 4) is 0 Å². The van der Waals surface area contributed by atoms with Crippen molar-refractivity contribution in [1.82, 2.24) is 20.5 Å². The zero-order chi connectivity index (χ0) is 17.7. The minimum atomic E-state index is -4.44. The van der Waals surface area contributed by atoms with Crippen molar-refractivity contribution in [2.24, 2.45) is 0 Å². The number of halogens is 3. The molecule has 0 saturated carbocycles. The Morgan fingerprint density at radius 2 is 2.21 bits per heavy atom. The lowest BCUT2D eigenvalue weighted by Gasteiger charge is -2.18. The number of hydrogen-bond acceptors (Lipinski definition) is 3. The molecule has 1 aromatic rings. The van der Waals surface area contributed by atoms with Gasteiger partial charge in [-0.05, 0) is 30.5 Å². The van der Waals surface area contributed by atoms with Gasteiger partial charge >= 0.3 is 12.2 Å². The van der Waals surface area contributed by atoms with Gasteiger partial charge in [0.25, 0.3) is 0 Å². The molecule has 1 atom stereocenters. The van der Waals surface area contributed by atoms with E-state index in [-0.39, 0.29) is 13.0 Å². The summed E-state index contributed by atoms with van der Waals surface area (Å²) < 4.78 is 37.0. The second-order valence-corrected chi connectivity index (χ2v) is 5.74. The lowest BCUT2D eigenvalue weighted by Crippen LogP contribution is -2.44. The zero-order valence-electron chi connectivity index (χ0n) is 13.2. The summed E-state index contributed by atoms with van der Waals surface area (Å²) in [6.07, 6.45) is -0.537. The predicted octanol–water partition coefficient (Wildman–Crippen LogP) is 1.39. The summed E-state index contributed by atoms with van der Waals surface area (Å²) >= 11 is 0. The van der Waals surface area contributed by atoms with Gasteiger partial charge in [0.2, 0.25) is 5.91 Å². The first kappa shape index (κ1) is 18.0. The number of amides is 3. The van der Waals surface area contributed by atoms with E-state index < -0.39 is 30.7 Å². The Labute approximate surface area is 137 Å². The molecule has 24 heavy (non-hydrogen) atoms. The average molecular weight is 344 g/mol. The molecule has 6 nitrogen and oxygen atoms in total. The Kier molecular flexibility index (Phi) is 5.63. The zero-order valence-corrected chi connectivity index (χ0v) is 13.2. The van der Waals surface area contributed by atoms with Gasteiger partial charge in [-0.1, -0.05) is 0 Å². The number of nitrogens with zero attached hydrogens (tertiary/aromatic N) is 2. The van der Waals surface area contributed by atoms with Crippen LogP contribution in [0.5, 0.6) is 0 Å². The third-order valence-corrected chi connectivity index (χ3v) is 3.74. The highest BCUT2D eigenvalue weighted by Gasteiger charge is 2.38. The molecule has 2 N–H and O–H groups in total. The molecule has 0 aromatic carbocycles. The summed E-state index contributed by atoms with van der Waals surface area (Å²) in [5.41, 5.74) is 2.07. The molecule has 132 valence electrons. The van der Waals surface area contributed by atoms with Gasteiger partial charge in [-0.15, -0.1) is 0 Å². The van der Waals surface area contributed by atoms with Crippen LogP contribution in [-0.2, 0) is 11.2 Å². The van der Waals surface area contributed by atoms with Crippen LogP contribution in [0.15, 0.2) is 18.5 Å². The van der Waals surface area contributed by atoms with E-state index in [2.05, 4.69) is 15.6 Å². The van der Waals surface area contributed by atoms with Crippen LogP contribution < -0.4 is 10.6 Å². The van der Waals surface area contributed by atoms with Gasteiger partial charge in [-0.25, -0.2) is 4.79 Å². The molecule has 0 aliphatic carbocycles. The van der Waals surface area contributed by atoms with Crippen molar-refractivity contribution in [3.63, 3.8) is 0 Å². The summed E-state index contributed by atoms with van der Waals surface area (Å²) in [6.45, 7) is 0.883. The first-order valence-corrected chi connectivity index (χ1v) is 7.53. The van der Waals surface area contributed by atoms with Crippen LogP contribution in [0.25, 0.3) is 0 Å². The monoisotopic (exact) mass is 344 g/mol. The minimum absolute atomic E-state index is 0.118. The van der Waals surface area contributed by atoms with E-state index in [0.717, 1.165) is 11.1 Å². The highest BCUT2D eigenvalue weighted by molar-refractivity contribution is 5.81. The molecule has 1 aromatic heterocycles. The minimum Gasteiger partial charge on any atom is -0.338 e. The van der Waals surface area contributed by atoms with Crippen LogP contribution in [0.1, 0.15) is 17.5 Å². The lowest BCUT2D eigenvalue weighted by atomic mass is 10.1. The maximum Gasteiger partial charge on any atom is 0.406 e. The third kappa shape index (κ3) is 5.39. The number of hydrogen-bond donors (Lipinski definition) is 2. The molecule has 9 heteroatoms. The Morgan fingerprint density at radius 1 is 1.46 bits per heavy atom. The van der Waals surface area contributed by atoms with E-state index in [1.807, 2.05) is 13.0 Å². The normalized spacial score (nSPS) is 17.9. The fraction of sp³-hybridized carbons (Fsp3) is 0.533. The van der Waals surface area contributed by atoms with Crippen molar-refractivity contribution in [2.45, 2.75) is 32.0 Å². The number of carbonyl (C=O) groups is 2. The lowest BCUT2D eigenvalue weighted by molar-refractivity contribution is -0.157. The Hall–Kier alpha value is -2.32. The maximum atomic E-state index is 12.3. The number of urea groups is 1. The summed E-state index contributed by atoms with van der Waals surface area (Å²) in [7, 11) is 0. The van der Waals surface area contributed by atoms with Gasteiger partial charge in [0, 0.05) is 31.9 Å². The second kappa shape index (κ2) is 7.50. The molecule has 1 saturated heterocycles. The average Bonchev–Trinajstić information content (AvgIpc) is 2.78. The van der Waals surface area contributed by atoms with E-state index in [1.165, 1.54) is 0 Å². The van der Waals surface area contributed by atoms with E-state index in [9.17, 15) is 22.8 Å². The number of aryl methyl sites for hydroxylation is 1. The van der Waals surface area contributed by atoms with Crippen LogP contribution in [0.3, 0.4) is 0 Å².